The lowest BCUT2D eigenvalue weighted by Crippen LogP contribution is -2.07. The molecular weight excluding hydrogens is 168 g/mol. The van der Waals surface area contributed by atoms with E-state index in [9.17, 15) is 4.79 Å². The third-order valence-corrected chi connectivity index (χ3v) is 3.37. The lowest BCUT2D eigenvalue weighted by Gasteiger charge is -2.20. The van der Waals surface area contributed by atoms with Gasteiger partial charge in [0.2, 0.25) is 0 Å². The first-order valence-corrected chi connectivity index (χ1v) is 6.12. The van der Waals surface area contributed by atoms with Crippen LogP contribution in [0.3, 0.4) is 0 Å². The van der Waals surface area contributed by atoms with E-state index in [0.29, 0.717) is 5.12 Å². The lowest BCUT2D eigenvalue weighted by molar-refractivity contribution is -0.111. The van der Waals surface area contributed by atoms with Crippen LogP contribution in [0.25, 0.3) is 0 Å². The molecule has 0 atom stereocenters. The summed E-state index contributed by atoms with van der Waals surface area (Å²) < 4.78 is 0. The summed E-state index contributed by atoms with van der Waals surface area (Å²) in [6, 6.07) is 0. The van der Waals surface area contributed by atoms with Crippen LogP contribution < -0.4 is 0 Å². The molecule has 0 aromatic rings. The van der Waals surface area contributed by atoms with Crippen LogP contribution >= 0.6 is 11.8 Å². The van der Waals surface area contributed by atoms with Gasteiger partial charge in [-0.2, -0.15) is 0 Å². The number of rotatable bonds is 3. The largest absolute Gasteiger partial charge is 0.287 e. The molecule has 1 nitrogen and oxygen atoms in total. The smallest absolute Gasteiger partial charge is 0.188 e. The monoisotopic (exact) mass is 186 g/mol. The van der Waals surface area contributed by atoms with E-state index in [0.717, 1.165) is 18.8 Å². The van der Waals surface area contributed by atoms with Crippen molar-refractivity contribution in [2.75, 3.05) is 6.26 Å². The molecule has 0 heterocycles. The maximum Gasteiger partial charge on any atom is 0.188 e. The van der Waals surface area contributed by atoms with Gasteiger partial charge in [-0.1, -0.05) is 43.9 Å². The van der Waals surface area contributed by atoms with E-state index in [1.807, 2.05) is 6.26 Å². The zero-order valence-electron chi connectivity index (χ0n) is 7.84. The highest BCUT2D eigenvalue weighted by Crippen LogP contribution is 2.27. The van der Waals surface area contributed by atoms with Gasteiger partial charge in [-0.3, -0.25) is 4.79 Å². The van der Waals surface area contributed by atoms with Crippen molar-refractivity contribution >= 4 is 16.9 Å². The van der Waals surface area contributed by atoms with Crippen LogP contribution in [0.4, 0.5) is 0 Å². The van der Waals surface area contributed by atoms with E-state index in [2.05, 4.69) is 0 Å². The molecule has 0 bridgehead atoms. The topological polar surface area (TPSA) is 17.1 Å². The van der Waals surface area contributed by atoms with Gasteiger partial charge in [0.1, 0.15) is 0 Å². The second kappa shape index (κ2) is 5.63. The number of carbonyl (C=O) groups is 1. The van der Waals surface area contributed by atoms with Gasteiger partial charge in [0.15, 0.2) is 5.12 Å². The van der Waals surface area contributed by atoms with Crippen LogP contribution in [0.2, 0.25) is 0 Å². The zero-order valence-corrected chi connectivity index (χ0v) is 8.66. The molecule has 1 rings (SSSR count). The Morgan fingerprint density at radius 1 is 1.33 bits per heavy atom. The Labute approximate surface area is 79.3 Å². The summed E-state index contributed by atoms with van der Waals surface area (Å²) >= 11 is 1.37. The Morgan fingerprint density at radius 3 is 2.58 bits per heavy atom. The van der Waals surface area contributed by atoms with Crippen molar-refractivity contribution in [1.29, 1.82) is 0 Å². The van der Waals surface area contributed by atoms with Crippen molar-refractivity contribution in [3.63, 3.8) is 0 Å². The minimum Gasteiger partial charge on any atom is -0.287 e. The predicted octanol–water partition coefficient (Wildman–Crippen LogP) is 3.24. The molecule has 0 aliphatic heterocycles. The average molecular weight is 186 g/mol. The van der Waals surface area contributed by atoms with Crippen LogP contribution in [0.5, 0.6) is 0 Å². The summed E-state index contributed by atoms with van der Waals surface area (Å²) in [5, 5.41) is 0.362. The van der Waals surface area contributed by atoms with Crippen molar-refractivity contribution in [2.45, 2.75) is 44.9 Å². The van der Waals surface area contributed by atoms with Crippen LogP contribution in [0.1, 0.15) is 44.9 Å². The Balaban J connectivity index is 2.09. The molecule has 0 saturated heterocycles. The minimum absolute atomic E-state index is 0.362. The van der Waals surface area contributed by atoms with Gasteiger partial charge in [-0.15, -0.1) is 0 Å². The summed E-state index contributed by atoms with van der Waals surface area (Å²) in [6.45, 7) is 0. The van der Waals surface area contributed by atoms with E-state index < -0.39 is 0 Å². The van der Waals surface area contributed by atoms with Crippen molar-refractivity contribution in [3.8, 4) is 0 Å². The van der Waals surface area contributed by atoms with Gasteiger partial charge in [0.25, 0.3) is 0 Å². The van der Waals surface area contributed by atoms with Gasteiger partial charge in [-0.05, 0) is 18.6 Å². The highest BCUT2D eigenvalue weighted by Gasteiger charge is 2.14. The molecular formula is C10H18OS. The molecule has 0 radical (unpaired) electrons. The molecule has 0 aromatic carbocycles. The fourth-order valence-corrected chi connectivity index (χ4v) is 2.22. The van der Waals surface area contributed by atoms with E-state index in [1.54, 1.807) is 0 Å². The molecule has 12 heavy (non-hydrogen) atoms. The third-order valence-electron chi connectivity index (χ3n) is 2.71. The van der Waals surface area contributed by atoms with Crippen LogP contribution in [-0.4, -0.2) is 11.4 Å². The lowest BCUT2D eigenvalue weighted by atomic mass is 9.86. The van der Waals surface area contributed by atoms with E-state index >= 15 is 0 Å². The first-order chi connectivity index (χ1) is 5.83. The van der Waals surface area contributed by atoms with Crippen LogP contribution in [0.15, 0.2) is 0 Å². The number of thioether (sulfide) groups is 1. The fraction of sp³-hybridized carbons (Fsp3) is 0.900. The van der Waals surface area contributed by atoms with Gasteiger partial charge in [0.05, 0.1) is 0 Å². The highest BCUT2D eigenvalue weighted by molar-refractivity contribution is 8.13. The Bertz CT molecular complexity index is 139. The third kappa shape index (κ3) is 3.61. The summed E-state index contributed by atoms with van der Waals surface area (Å²) in [5.74, 6) is 0.856. The SMILES string of the molecule is CSC(=O)CCC1CCCCC1. The Morgan fingerprint density at radius 2 is 2.00 bits per heavy atom. The molecule has 0 N–H and O–H groups in total. The molecule has 1 aliphatic carbocycles. The summed E-state index contributed by atoms with van der Waals surface area (Å²) in [6.07, 6.45) is 10.7. The van der Waals surface area contributed by atoms with Gasteiger partial charge in [0, 0.05) is 6.42 Å². The van der Waals surface area contributed by atoms with Gasteiger partial charge < -0.3 is 0 Å². The van der Waals surface area contributed by atoms with Crippen molar-refractivity contribution in [1.82, 2.24) is 0 Å². The van der Waals surface area contributed by atoms with Gasteiger partial charge >= 0.3 is 0 Å². The first-order valence-electron chi connectivity index (χ1n) is 4.89. The van der Waals surface area contributed by atoms with E-state index in [-0.39, 0.29) is 0 Å². The van der Waals surface area contributed by atoms with Crippen LogP contribution in [0, 0.1) is 5.92 Å². The predicted molar refractivity (Wildman–Crippen MR) is 54.3 cm³/mol. The van der Waals surface area contributed by atoms with E-state index in [4.69, 9.17) is 0 Å². The average Bonchev–Trinajstić information content (AvgIpc) is 2.16. The molecule has 0 aromatic heterocycles. The van der Waals surface area contributed by atoms with Crippen molar-refractivity contribution in [2.24, 2.45) is 5.92 Å². The first kappa shape index (κ1) is 10.1. The quantitative estimate of drug-likeness (QED) is 0.673. The summed E-state index contributed by atoms with van der Waals surface area (Å²) in [7, 11) is 0. The van der Waals surface area contributed by atoms with Crippen molar-refractivity contribution < 1.29 is 4.79 Å². The second-order valence-corrected chi connectivity index (χ2v) is 4.48. The highest BCUT2D eigenvalue weighted by atomic mass is 32.2. The zero-order chi connectivity index (χ0) is 8.81. The number of hydrogen-bond acceptors (Lipinski definition) is 2. The fourth-order valence-electron chi connectivity index (χ4n) is 1.90. The van der Waals surface area contributed by atoms with Gasteiger partial charge in [-0.25, -0.2) is 0 Å². The maximum absolute atomic E-state index is 11.0. The minimum atomic E-state index is 0.362. The number of carbonyl (C=O) groups excluding carboxylic acids is 1. The maximum atomic E-state index is 11.0. The Kier molecular flexibility index (Phi) is 4.74. The van der Waals surface area contributed by atoms with Crippen molar-refractivity contribution in [3.05, 3.63) is 0 Å². The van der Waals surface area contributed by atoms with E-state index in [1.165, 1.54) is 43.9 Å². The summed E-state index contributed by atoms with van der Waals surface area (Å²) in [5.41, 5.74) is 0. The molecule has 1 aliphatic rings. The molecule has 0 amide bonds. The molecule has 1 saturated carbocycles. The summed E-state index contributed by atoms with van der Waals surface area (Å²) in [4.78, 5) is 11.0. The second-order valence-electron chi connectivity index (χ2n) is 3.62. The molecule has 0 unspecified atom stereocenters. The molecule has 70 valence electrons. The van der Waals surface area contributed by atoms with Crippen LogP contribution in [-0.2, 0) is 4.79 Å². The normalized spacial score (nSPS) is 19.4. The molecule has 0 spiro atoms. The molecule has 2 heteroatoms. The molecule has 1 fully saturated rings. The standard InChI is InChI=1S/C10H18OS/c1-12-10(11)8-7-9-5-3-2-4-6-9/h9H,2-8H2,1H3. The number of hydrogen-bond donors (Lipinski definition) is 0. The Hall–Kier alpha value is 0.0200.